The number of nitrogens with one attached hydrogen (secondary N) is 2. The third-order valence-corrected chi connectivity index (χ3v) is 3.91. The summed E-state index contributed by atoms with van der Waals surface area (Å²) < 4.78 is 5.22. The molecule has 2 amide bonds. The Morgan fingerprint density at radius 3 is 2.22 bits per heavy atom. The molecule has 0 aromatic heterocycles. The Hall–Kier alpha value is -3.80. The lowest BCUT2D eigenvalue weighted by Gasteiger charge is -2.10. The van der Waals surface area contributed by atoms with E-state index in [-0.39, 0.29) is 11.8 Å². The molecule has 27 heavy (non-hydrogen) atoms. The first-order chi connectivity index (χ1) is 13.1. The Bertz CT molecular complexity index is 968. The van der Waals surface area contributed by atoms with E-state index in [0.717, 1.165) is 0 Å². The number of nitrogen functional groups attached to an aromatic ring is 1. The van der Waals surface area contributed by atoms with Crippen LogP contribution < -0.4 is 21.1 Å². The van der Waals surface area contributed by atoms with E-state index in [9.17, 15) is 9.59 Å². The highest BCUT2D eigenvalue weighted by Crippen LogP contribution is 2.24. The first-order valence-corrected chi connectivity index (χ1v) is 8.28. The van der Waals surface area contributed by atoms with Crippen molar-refractivity contribution in [3.05, 3.63) is 83.9 Å². The van der Waals surface area contributed by atoms with Gasteiger partial charge in [0.05, 0.1) is 12.8 Å². The predicted molar refractivity (Wildman–Crippen MR) is 106 cm³/mol. The zero-order valence-electron chi connectivity index (χ0n) is 14.7. The number of nitrogens with two attached hydrogens (primary N) is 1. The molecule has 0 heterocycles. The van der Waals surface area contributed by atoms with Gasteiger partial charge in [-0.3, -0.25) is 9.59 Å². The van der Waals surface area contributed by atoms with Crippen LogP contribution in [0.2, 0.25) is 0 Å². The number of hydrogen-bond acceptors (Lipinski definition) is 4. The molecule has 6 heteroatoms. The van der Waals surface area contributed by atoms with Crippen molar-refractivity contribution < 1.29 is 14.3 Å². The summed E-state index contributed by atoms with van der Waals surface area (Å²) >= 11 is 0. The van der Waals surface area contributed by atoms with Crippen molar-refractivity contribution in [3.8, 4) is 5.75 Å². The Kier molecular flexibility index (Phi) is 5.37. The van der Waals surface area contributed by atoms with Gasteiger partial charge in [-0.1, -0.05) is 18.2 Å². The summed E-state index contributed by atoms with van der Waals surface area (Å²) in [5, 5.41) is 5.58. The Balaban J connectivity index is 1.68. The topological polar surface area (TPSA) is 93.5 Å². The molecule has 0 bridgehead atoms. The van der Waals surface area contributed by atoms with Crippen molar-refractivity contribution in [1.29, 1.82) is 0 Å². The summed E-state index contributed by atoms with van der Waals surface area (Å²) in [7, 11) is 1.54. The second-order valence-corrected chi connectivity index (χ2v) is 5.81. The second kappa shape index (κ2) is 8.05. The van der Waals surface area contributed by atoms with Crippen LogP contribution in [0.5, 0.6) is 5.75 Å². The average molecular weight is 361 g/mol. The third-order valence-electron chi connectivity index (χ3n) is 3.91. The fourth-order valence-electron chi connectivity index (χ4n) is 2.53. The van der Waals surface area contributed by atoms with Gasteiger partial charge in [-0.05, 0) is 54.6 Å². The molecule has 0 aliphatic carbocycles. The summed E-state index contributed by atoms with van der Waals surface area (Å²) in [5.41, 5.74) is 8.31. The van der Waals surface area contributed by atoms with Crippen LogP contribution in [-0.4, -0.2) is 18.9 Å². The summed E-state index contributed by atoms with van der Waals surface area (Å²) in [6.07, 6.45) is 0. The lowest BCUT2D eigenvalue weighted by atomic mass is 10.1. The average Bonchev–Trinajstić information content (AvgIpc) is 2.69. The van der Waals surface area contributed by atoms with E-state index in [1.54, 1.807) is 67.8 Å². The lowest BCUT2D eigenvalue weighted by Crippen LogP contribution is -2.14. The fraction of sp³-hybridized carbons (Fsp3) is 0.0476. The molecule has 3 rings (SSSR count). The number of para-hydroxylation sites is 2. The van der Waals surface area contributed by atoms with Gasteiger partial charge in [-0.25, -0.2) is 0 Å². The molecular formula is C21H19N3O3. The highest BCUT2D eigenvalue weighted by molar-refractivity contribution is 6.07. The molecule has 136 valence electrons. The Morgan fingerprint density at radius 1 is 0.815 bits per heavy atom. The Morgan fingerprint density at radius 2 is 1.52 bits per heavy atom. The van der Waals surface area contributed by atoms with Crippen molar-refractivity contribution in [3.63, 3.8) is 0 Å². The van der Waals surface area contributed by atoms with Crippen molar-refractivity contribution in [2.24, 2.45) is 0 Å². The van der Waals surface area contributed by atoms with Gasteiger partial charge in [0, 0.05) is 22.5 Å². The highest BCUT2D eigenvalue weighted by atomic mass is 16.5. The largest absolute Gasteiger partial charge is 0.495 e. The van der Waals surface area contributed by atoms with Crippen LogP contribution in [0.4, 0.5) is 17.1 Å². The van der Waals surface area contributed by atoms with Gasteiger partial charge in [0.2, 0.25) is 0 Å². The van der Waals surface area contributed by atoms with Crippen LogP contribution in [0, 0.1) is 0 Å². The molecule has 0 saturated heterocycles. The van der Waals surface area contributed by atoms with Crippen LogP contribution in [0.1, 0.15) is 20.7 Å². The molecule has 3 aromatic rings. The van der Waals surface area contributed by atoms with Gasteiger partial charge >= 0.3 is 0 Å². The normalized spacial score (nSPS) is 10.1. The van der Waals surface area contributed by atoms with Crippen molar-refractivity contribution in [2.75, 3.05) is 23.5 Å². The number of ether oxygens (including phenoxy) is 1. The van der Waals surface area contributed by atoms with Gasteiger partial charge in [0.15, 0.2) is 0 Å². The van der Waals surface area contributed by atoms with Gasteiger partial charge in [0.25, 0.3) is 11.8 Å². The highest BCUT2D eigenvalue weighted by Gasteiger charge is 2.10. The van der Waals surface area contributed by atoms with E-state index >= 15 is 0 Å². The minimum Gasteiger partial charge on any atom is -0.495 e. The zero-order chi connectivity index (χ0) is 19.2. The van der Waals surface area contributed by atoms with Crippen LogP contribution in [0.15, 0.2) is 72.8 Å². The van der Waals surface area contributed by atoms with Gasteiger partial charge in [-0.15, -0.1) is 0 Å². The molecule has 0 atom stereocenters. The Labute approximate surface area is 157 Å². The SMILES string of the molecule is COc1ccccc1NC(=O)c1ccc(NC(=O)c2cccc(N)c2)cc1. The van der Waals surface area contributed by atoms with E-state index < -0.39 is 0 Å². The number of hydrogen-bond donors (Lipinski definition) is 3. The molecular weight excluding hydrogens is 342 g/mol. The monoisotopic (exact) mass is 361 g/mol. The van der Waals surface area contributed by atoms with Gasteiger partial charge in [0.1, 0.15) is 5.75 Å². The quantitative estimate of drug-likeness (QED) is 0.603. The number of rotatable bonds is 5. The molecule has 3 aromatic carbocycles. The summed E-state index contributed by atoms with van der Waals surface area (Å²) in [4.78, 5) is 24.6. The molecule has 0 aliphatic rings. The van der Waals surface area contributed by atoms with Gasteiger partial charge < -0.3 is 21.1 Å². The van der Waals surface area contributed by atoms with Gasteiger partial charge in [-0.2, -0.15) is 0 Å². The molecule has 4 N–H and O–H groups in total. The van der Waals surface area contributed by atoms with E-state index in [0.29, 0.717) is 33.9 Å². The van der Waals surface area contributed by atoms with Crippen molar-refractivity contribution >= 4 is 28.9 Å². The fourth-order valence-corrected chi connectivity index (χ4v) is 2.53. The number of methoxy groups -OCH3 is 1. The van der Waals surface area contributed by atoms with E-state index in [4.69, 9.17) is 10.5 Å². The smallest absolute Gasteiger partial charge is 0.255 e. The van der Waals surface area contributed by atoms with E-state index in [1.807, 2.05) is 12.1 Å². The molecule has 0 unspecified atom stereocenters. The van der Waals surface area contributed by atoms with E-state index in [2.05, 4.69) is 10.6 Å². The molecule has 0 radical (unpaired) electrons. The number of carbonyl (C=O) groups excluding carboxylic acids is 2. The number of carbonyl (C=O) groups is 2. The summed E-state index contributed by atoms with van der Waals surface area (Å²) in [6.45, 7) is 0. The maximum Gasteiger partial charge on any atom is 0.255 e. The van der Waals surface area contributed by atoms with Crippen LogP contribution in [0.3, 0.4) is 0 Å². The van der Waals surface area contributed by atoms with Crippen LogP contribution in [0.25, 0.3) is 0 Å². The molecule has 0 aliphatic heterocycles. The van der Waals surface area contributed by atoms with Crippen LogP contribution >= 0.6 is 0 Å². The summed E-state index contributed by atoms with van der Waals surface area (Å²) in [6, 6.07) is 20.5. The standard InChI is InChI=1S/C21H19N3O3/c1-27-19-8-3-2-7-18(19)24-20(25)14-9-11-17(12-10-14)23-21(26)15-5-4-6-16(22)13-15/h2-13H,22H2,1H3,(H,23,26)(H,24,25). The number of amides is 2. The maximum absolute atomic E-state index is 12.4. The van der Waals surface area contributed by atoms with E-state index in [1.165, 1.54) is 0 Å². The molecule has 0 saturated carbocycles. The molecule has 6 nitrogen and oxygen atoms in total. The first-order valence-electron chi connectivity index (χ1n) is 8.28. The minimum atomic E-state index is -0.270. The van der Waals surface area contributed by atoms with Crippen molar-refractivity contribution in [1.82, 2.24) is 0 Å². The summed E-state index contributed by atoms with van der Waals surface area (Å²) in [5.74, 6) is 0.0404. The molecule has 0 spiro atoms. The number of benzene rings is 3. The number of anilines is 3. The third kappa shape index (κ3) is 4.43. The van der Waals surface area contributed by atoms with Crippen LogP contribution in [-0.2, 0) is 0 Å². The minimum absolute atomic E-state index is 0.270. The first kappa shape index (κ1) is 18.0. The zero-order valence-corrected chi connectivity index (χ0v) is 14.7. The maximum atomic E-state index is 12.4. The lowest BCUT2D eigenvalue weighted by molar-refractivity contribution is 0.101. The second-order valence-electron chi connectivity index (χ2n) is 5.81. The molecule has 0 fully saturated rings. The predicted octanol–water partition coefficient (Wildman–Crippen LogP) is 3.78. The van der Waals surface area contributed by atoms with Crippen molar-refractivity contribution in [2.45, 2.75) is 0 Å².